The molecule has 2 heterocycles. The van der Waals surface area contributed by atoms with Crippen LogP contribution in [0, 0.1) is 17.7 Å². The van der Waals surface area contributed by atoms with E-state index in [0.717, 1.165) is 6.20 Å². The molecule has 0 saturated carbocycles. The molecular formula is C14H10FN3O2. The van der Waals surface area contributed by atoms with Crippen LogP contribution in [-0.2, 0) is 0 Å². The van der Waals surface area contributed by atoms with Crippen LogP contribution < -0.4 is 5.32 Å². The first kappa shape index (κ1) is 13.6. The molecule has 0 aliphatic carbocycles. The molecule has 2 aromatic heterocycles. The fraction of sp³-hybridized carbons (Fsp3) is 0.0714. The van der Waals surface area contributed by atoms with E-state index in [-0.39, 0.29) is 18.0 Å². The van der Waals surface area contributed by atoms with Crippen molar-refractivity contribution >= 4 is 11.7 Å². The highest BCUT2D eigenvalue weighted by molar-refractivity contribution is 6.03. The van der Waals surface area contributed by atoms with Gasteiger partial charge in [0.2, 0.25) is 0 Å². The molecule has 6 heteroatoms. The molecule has 1 amide bonds. The first-order chi connectivity index (χ1) is 9.70. The van der Waals surface area contributed by atoms with Gasteiger partial charge in [-0.15, -0.1) is 0 Å². The maximum absolute atomic E-state index is 13.4. The Hall–Kier alpha value is -2.78. The molecular weight excluding hydrogens is 261 g/mol. The third-order valence-corrected chi connectivity index (χ3v) is 2.30. The van der Waals surface area contributed by atoms with Gasteiger partial charge in [0, 0.05) is 6.20 Å². The third-order valence-electron chi connectivity index (χ3n) is 2.30. The van der Waals surface area contributed by atoms with E-state index < -0.39 is 11.7 Å². The van der Waals surface area contributed by atoms with Crippen molar-refractivity contribution in [2.45, 2.75) is 0 Å². The van der Waals surface area contributed by atoms with Crippen LogP contribution in [0.15, 0.2) is 36.7 Å². The highest BCUT2D eigenvalue weighted by atomic mass is 19.1. The SMILES string of the molecule is O=C(Nc1cccc(C#CCO)n1)c1ccncc1F. The molecule has 20 heavy (non-hydrogen) atoms. The lowest BCUT2D eigenvalue weighted by Crippen LogP contribution is -2.15. The van der Waals surface area contributed by atoms with Crippen LogP contribution >= 0.6 is 0 Å². The number of nitrogens with zero attached hydrogens (tertiary/aromatic N) is 2. The second kappa shape index (κ2) is 6.41. The third kappa shape index (κ3) is 3.37. The van der Waals surface area contributed by atoms with Gasteiger partial charge in [0.1, 0.15) is 18.1 Å². The second-order valence-electron chi connectivity index (χ2n) is 3.68. The first-order valence-electron chi connectivity index (χ1n) is 5.68. The molecule has 2 aromatic rings. The zero-order valence-electron chi connectivity index (χ0n) is 10.3. The van der Waals surface area contributed by atoms with Crippen LogP contribution in [0.25, 0.3) is 0 Å². The van der Waals surface area contributed by atoms with Crippen LogP contribution in [0.2, 0.25) is 0 Å². The zero-order chi connectivity index (χ0) is 14.4. The smallest absolute Gasteiger partial charge is 0.259 e. The maximum atomic E-state index is 13.4. The summed E-state index contributed by atoms with van der Waals surface area (Å²) in [5.74, 6) is 3.98. The first-order valence-corrected chi connectivity index (χ1v) is 5.68. The summed E-state index contributed by atoms with van der Waals surface area (Å²) >= 11 is 0. The van der Waals surface area contributed by atoms with Gasteiger partial charge < -0.3 is 10.4 Å². The number of hydrogen-bond acceptors (Lipinski definition) is 4. The number of anilines is 1. The number of halogens is 1. The van der Waals surface area contributed by atoms with Crippen molar-refractivity contribution in [3.63, 3.8) is 0 Å². The van der Waals surface area contributed by atoms with Crippen molar-refractivity contribution in [1.29, 1.82) is 0 Å². The lowest BCUT2D eigenvalue weighted by atomic mass is 10.2. The van der Waals surface area contributed by atoms with E-state index in [1.807, 2.05) is 0 Å². The van der Waals surface area contributed by atoms with Gasteiger partial charge >= 0.3 is 0 Å². The highest BCUT2D eigenvalue weighted by Gasteiger charge is 2.11. The Morgan fingerprint density at radius 1 is 1.40 bits per heavy atom. The number of aliphatic hydroxyl groups excluding tert-OH is 1. The summed E-state index contributed by atoms with van der Waals surface area (Å²) < 4.78 is 13.4. The minimum absolute atomic E-state index is 0.117. The summed E-state index contributed by atoms with van der Waals surface area (Å²) in [4.78, 5) is 19.5. The Labute approximate surface area is 114 Å². The average Bonchev–Trinajstić information content (AvgIpc) is 2.46. The van der Waals surface area contributed by atoms with Crippen molar-refractivity contribution in [2.75, 3.05) is 11.9 Å². The van der Waals surface area contributed by atoms with Crippen LogP contribution in [-0.4, -0.2) is 27.6 Å². The van der Waals surface area contributed by atoms with E-state index in [1.165, 1.54) is 12.3 Å². The number of hydrogen-bond donors (Lipinski definition) is 2. The van der Waals surface area contributed by atoms with E-state index >= 15 is 0 Å². The summed E-state index contributed by atoms with van der Waals surface area (Å²) in [6, 6.07) is 6.11. The van der Waals surface area contributed by atoms with Crippen molar-refractivity contribution in [3.05, 3.63) is 53.7 Å². The normalized spacial score (nSPS) is 9.50. The fourth-order valence-electron chi connectivity index (χ4n) is 1.45. The van der Waals surface area contributed by atoms with E-state index in [2.05, 4.69) is 27.1 Å². The van der Waals surface area contributed by atoms with Crippen LogP contribution in [0.1, 0.15) is 16.1 Å². The summed E-state index contributed by atoms with van der Waals surface area (Å²) in [5.41, 5.74) is 0.278. The number of carbonyl (C=O) groups excluding carboxylic acids is 1. The van der Waals surface area contributed by atoms with E-state index in [9.17, 15) is 9.18 Å². The average molecular weight is 271 g/mol. The maximum Gasteiger partial charge on any atom is 0.259 e. The minimum atomic E-state index is -0.707. The lowest BCUT2D eigenvalue weighted by molar-refractivity contribution is 0.102. The highest BCUT2D eigenvalue weighted by Crippen LogP contribution is 2.09. The number of carbonyl (C=O) groups is 1. The molecule has 2 N–H and O–H groups in total. The topological polar surface area (TPSA) is 75.1 Å². The minimum Gasteiger partial charge on any atom is -0.384 e. The molecule has 0 spiro atoms. The van der Waals surface area contributed by atoms with Crippen molar-refractivity contribution in [2.24, 2.45) is 0 Å². The Morgan fingerprint density at radius 2 is 2.25 bits per heavy atom. The summed E-state index contributed by atoms with van der Waals surface area (Å²) in [6.45, 7) is -0.277. The number of rotatable bonds is 2. The Morgan fingerprint density at radius 3 is 3.00 bits per heavy atom. The molecule has 0 saturated heterocycles. The summed E-state index contributed by atoms with van der Waals surface area (Å²) in [5, 5.41) is 11.1. The van der Waals surface area contributed by atoms with E-state index in [4.69, 9.17) is 5.11 Å². The van der Waals surface area contributed by atoms with Gasteiger partial charge in [-0.25, -0.2) is 9.37 Å². The quantitative estimate of drug-likeness (QED) is 0.805. The van der Waals surface area contributed by atoms with Gasteiger partial charge in [-0.1, -0.05) is 12.0 Å². The van der Waals surface area contributed by atoms with Gasteiger partial charge in [-0.2, -0.15) is 0 Å². The van der Waals surface area contributed by atoms with Gasteiger partial charge in [0.05, 0.1) is 11.8 Å². The Bertz CT molecular complexity index is 692. The lowest BCUT2D eigenvalue weighted by Gasteiger charge is -2.05. The molecule has 100 valence electrons. The molecule has 5 nitrogen and oxygen atoms in total. The predicted molar refractivity (Wildman–Crippen MR) is 70.3 cm³/mol. The van der Waals surface area contributed by atoms with Crippen LogP contribution in [0.4, 0.5) is 10.2 Å². The number of amides is 1. The van der Waals surface area contributed by atoms with Crippen molar-refractivity contribution in [3.8, 4) is 11.8 Å². The molecule has 0 aliphatic heterocycles. The monoisotopic (exact) mass is 271 g/mol. The number of nitrogens with one attached hydrogen (secondary N) is 1. The zero-order valence-corrected chi connectivity index (χ0v) is 10.3. The van der Waals surface area contributed by atoms with Crippen LogP contribution in [0.5, 0.6) is 0 Å². The van der Waals surface area contributed by atoms with E-state index in [0.29, 0.717) is 5.69 Å². The van der Waals surface area contributed by atoms with Crippen molar-refractivity contribution < 1.29 is 14.3 Å². The number of pyridine rings is 2. The molecule has 0 fully saturated rings. The Kier molecular flexibility index (Phi) is 4.37. The van der Waals surface area contributed by atoms with Crippen molar-refractivity contribution in [1.82, 2.24) is 9.97 Å². The largest absolute Gasteiger partial charge is 0.384 e. The molecule has 0 radical (unpaired) electrons. The molecule has 0 bridgehead atoms. The predicted octanol–water partition coefficient (Wildman–Crippen LogP) is 1.21. The van der Waals surface area contributed by atoms with Gasteiger partial charge in [0.25, 0.3) is 5.91 Å². The van der Waals surface area contributed by atoms with Gasteiger partial charge in [-0.3, -0.25) is 9.78 Å². The number of aromatic nitrogens is 2. The standard InChI is InChI=1S/C14H10FN3O2/c15-12-9-16-7-6-11(12)14(20)18-13-5-1-3-10(17-13)4-2-8-19/h1,3,5-7,9,19H,8H2,(H,17,18,20). The fourth-order valence-corrected chi connectivity index (χ4v) is 1.45. The van der Waals surface area contributed by atoms with Gasteiger partial charge in [-0.05, 0) is 24.1 Å². The van der Waals surface area contributed by atoms with E-state index in [1.54, 1.807) is 18.2 Å². The summed E-state index contributed by atoms with van der Waals surface area (Å²) in [7, 11) is 0. The second-order valence-corrected chi connectivity index (χ2v) is 3.68. The molecule has 0 aromatic carbocycles. The van der Waals surface area contributed by atoms with Crippen LogP contribution in [0.3, 0.4) is 0 Å². The molecule has 0 aliphatic rings. The summed E-state index contributed by atoms with van der Waals surface area (Å²) in [6.07, 6.45) is 2.29. The number of aliphatic hydroxyl groups is 1. The molecule has 2 rings (SSSR count). The molecule has 0 atom stereocenters. The van der Waals surface area contributed by atoms with Gasteiger partial charge in [0.15, 0.2) is 5.82 Å². The Balaban J connectivity index is 2.18. The molecule has 0 unspecified atom stereocenters.